The van der Waals surface area contributed by atoms with E-state index in [2.05, 4.69) is 33.1 Å². The molecular weight excluding hydrogens is 240 g/mol. The Hall–Kier alpha value is -0.410. The van der Waals surface area contributed by atoms with Crippen molar-refractivity contribution in [3.8, 4) is 0 Å². The van der Waals surface area contributed by atoms with E-state index in [0.29, 0.717) is 17.8 Å². The fourth-order valence-corrected chi connectivity index (χ4v) is 4.58. The maximum absolute atomic E-state index is 5.97. The summed E-state index contributed by atoms with van der Waals surface area (Å²) in [5.74, 6) is 1.89. The third kappa shape index (κ3) is 2.35. The molecule has 3 heteroatoms. The molecule has 2 N–H and O–H groups in total. The van der Waals surface area contributed by atoms with Crippen molar-refractivity contribution in [1.82, 2.24) is 4.98 Å². The van der Waals surface area contributed by atoms with Crippen LogP contribution in [-0.2, 0) is 5.41 Å². The molecule has 0 radical (unpaired) electrons. The molecule has 0 spiro atoms. The predicted molar refractivity (Wildman–Crippen MR) is 79.1 cm³/mol. The van der Waals surface area contributed by atoms with Crippen LogP contribution in [0.2, 0.25) is 0 Å². The zero-order chi connectivity index (χ0) is 13.3. The van der Waals surface area contributed by atoms with Crippen molar-refractivity contribution in [3.63, 3.8) is 0 Å². The Balaban J connectivity index is 2.24. The monoisotopic (exact) mass is 266 g/mol. The van der Waals surface area contributed by atoms with Gasteiger partial charge in [-0.05, 0) is 24.7 Å². The van der Waals surface area contributed by atoms with Crippen LogP contribution < -0.4 is 5.73 Å². The van der Waals surface area contributed by atoms with Crippen molar-refractivity contribution >= 4 is 11.3 Å². The van der Waals surface area contributed by atoms with Crippen LogP contribution in [0.15, 0.2) is 5.38 Å². The molecule has 0 amide bonds. The Bertz CT molecular complexity index is 377. The van der Waals surface area contributed by atoms with Crippen LogP contribution in [0.3, 0.4) is 0 Å². The quantitative estimate of drug-likeness (QED) is 0.877. The highest BCUT2D eigenvalue weighted by molar-refractivity contribution is 7.09. The van der Waals surface area contributed by atoms with Gasteiger partial charge < -0.3 is 5.73 Å². The Morgan fingerprint density at radius 2 is 1.89 bits per heavy atom. The van der Waals surface area contributed by atoms with Crippen LogP contribution in [0, 0.1) is 11.8 Å². The van der Waals surface area contributed by atoms with Crippen LogP contribution in [-0.4, -0.2) is 11.5 Å². The molecule has 1 fully saturated rings. The van der Waals surface area contributed by atoms with Crippen molar-refractivity contribution in [2.75, 3.05) is 6.54 Å². The van der Waals surface area contributed by atoms with Crippen molar-refractivity contribution in [3.05, 3.63) is 16.1 Å². The molecule has 0 atom stereocenters. The molecule has 0 unspecified atom stereocenters. The molecule has 0 saturated heterocycles. The number of hydrogen-bond donors (Lipinski definition) is 1. The van der Waals surface area contributed by atoms with Crippen molar-refractivity contribution in [2.24, 2.45) is 17.6 Å². The molecule has 1 aromatic heterocycles. The topological polar surface area (TPSA) is 38.9 Å². The molecule has 0 aromatic carbocycles. The standard InChI is InChI=1S/C15H26N2S/c1-10(2)13(11(3)4)14-17-12(8-18-14)15(9-16)6-5-7-15/h8,10-11,13H,5-7,9,16H2,1-4H3. The van der Waals surface area contributed by atoms with E-state index in [1.165, 1.54) is 30.0 Å². The zero-order valence-electron chi connectivity index (χ0n) is 12.1. The number of aromatic nitrogens is 1. The summed E-state index contributed by atoms with van der Waals surface area (Å²) in [6, 6.07) is 0. The van der Waals surface area contributed by atoms with E-state index in [-0.39, 0.29) is 5.41 Å². The summed E-state index contributed by atoms with van der Waals surface area (Å²) in [5, 5.41) is 3.58. The lowest BCUT2D eigenvalue weighted by molar-refractivity contribution is 0.246. The lowest BCUT2D eigenvalue weighted by Gasteiger charge is -2.39. The van der Waals surface area contributed by atoms with Gasteiger partial charge >= 0.3 is 0 Å². The summed E-state index contributed by atoms with van der Waals surface area (Å²) in [6.45, 7) is 9.95. The Kier molecular flexibility index (Phi) is 4.12. The highest BCUT2D eigenvalue weighted by atomic mass is 32.1. The molecule has 1 aliphatic rings. The van der Waals surface area contributed by atoms with Gasteiger partial charge in [0.25, 0.3) is 0 Å². The van der Waals surface area contributed by atoms with Gasteiger partial charge in [0.15, 0.2) is 0 Å². The van der Waals surface area contributed by atoms with E-state index >= 15 is 0 Å². The van der Waals surface area contributed by atoms with Gasteiger partial charge in [0.2, 0.25) is 0 Å². The second-order valence-electron chi connectivity index (χ2n) is 6.42. The molecule has 1 aliphatic carbocycles. The molecule has 18 heavy (non-hydrogen) atoms. The minimum absolute atomic E-state index is 0.216. The molecule has 0 bridgehead atoms. The first-order valence-electron chi connectivity index (χ1n) is 7.16. The zero-order valence-corrected chi connectivity index (χ0v) is 12.9. The average molecular weight is 266 g/mol. The summed E-state index contributed by atoms with van der Waals surface area (Å²) in [4.78, 5) is 4.96. The molecular formula is C15H26N2S. The third-order valence-corrected chi connectivity index (χ3v) is 5.43. The summed E-state index contributed by atoms with van der Waals surface area (Å²) in [7, 11) is 0. The van der Waals surface area contributed by atoms with Crippen LogP contribution in [0.4, 0.5) is 0 Å². The Labute approximate surface area is 115 Å². The van der Waals surface area contributed by atoms with E-state index in [1.807, 2.05) is 11.3 Å². The normalized spacial score (nSPS) is 18.7. The van der Waals surface area contributed by atoms with Gasteiger partial charge in [0, 0.05) is 23.3 Å². The second kappa shape index (κ2) is 5.30. The highest BCUT2D eigenvalue weighted by Crippen LogP contribution is 2.44. The molecule has 2 rings (SSSR count). The van der Waals surface area contributed by atoms with E-state index < -0.39 is 0 Å². The smallest absolute Gasteiger partial charge is 0.0964 e. The average Bonchev–Trinajstić information content (AvgIpc) is 2.65. The SMILES string of the molecule is CC(C)C(c1nc(C2(CN)CCC2)cs1)C(C)C. The maximum Gasteiger partial charge on any atom is 0.0964 e. The molecule has 0 aliphatic heterocycles. The summed E-state index contributed by atoms with van der Waals surface area (Å²) >= 11 is 1.84. The first-order chi connectivity index (χ1) is 8.50. The minimum Gasteiger partial charge on any atom is -0.330 e. The van der Waals surface area contributed by atoms with Gasteiger partial charge in [0.1, 0.15) is 0 Å². The summed E-state index contributed by atoms with van der Waals surface area (Å²) in [6.07, 6.45) is 3.75. The van der Waals surface area contributed by atoms with E-state index in [0.717, 1.165) is 6.54 Å². The molecule has 1 heterocycles. The van der Waals surface area contributed by atoms with Crippen LogP contribution in [0.25, 0.3) is 0 Å². The number of thiazole rings is 1. The van der Waals surface area contributed by atoms with Crippen LogP contribution >= 0.6 is 11.3 Å². The lowest BCUT2D eigenvalue weighted by Crippen LogP contribution is -2.41. The third-order valence-electron chi connectivity index (χ3n) is 4.49. The van der Waals surface area contributed by atoms with Gasteiger partial charge in [-0.1, -0.05) is 34.1 Å². The predicted octanol–water partition coefficient (Wildman–Crippen LogP) is 3.92. The molecule has 102 valence electrons. The number of hydrogen-bond acceptors (Lipinski definition) is 3. The fraction of sp³-hybridized carbons (Fsp3) is 0.800. The van der Waals surface area contributed by atoms with Gasteiger partial charge in [-0.3, -0.25) is 0 Å². The Morgan fingerprint density at radius 3 is 2.28 bits per heavy atom. The number of nitrogens with zero attached hydrogens (tertiary/aromatic N) is 1. The highest BCUT2D eigenvalue weighted by Gasteiger charge is 2.39. The van der Waals surface area contributed by atoms with Gasteiger partial charge in [-0.2, -0.15) is 0 Å². The van der Waals surface area contributed by atoms with Crippen molar-refractivity contribution in [1.29, 1.82) is 0 Å². The summed E-state index contributed by atoms with van der Waals surface area (Å²) < 4.78 is 0. The minimum atomic E-state index is 0.216. The van der Waals surface area contributed by atoms with Gasteiger partial charge in [0.05, 0.1) is 10.7 Å². The van der Waals surface area contributed by atoms with E-state index in [1.54, 1.807) is 0 Å². The van der Waals surface area contributed by atoms with Crippen molar-refractivity contribution in [2.45, 2.75) is 58.3 Å². The largest absolute Gasteiger partial charge is 0.330 e. The van der Waals surface area contributed by atoms with Gasteiger partial charge in [-0.25, -0.2) is 4.98 Å². The van der Waals surface area contributed by atoms with Crippen molar-refractivity contribution < 1.29 is 0 Å². The second-order valence-corrected chi connectivity index (χ2v) is 7.31. The summed E-state index contributed by atoms with van der Waals surface area (Å²) in [5.41, 5.74) is 7.45. The van der Waals surface area contributed by atoms with Gasteiger partial charge in [-0.15, -0.1) is 11.3 Å². The van der Waals surface area contributed by atoms with E-state index in [4.69, 9.17) is 10.7 Å². The van der Waals surface area contributed by atoms with Crippen LogP contribution in [0.5, 0.6) is 0 Å². The molecule has 2 nitrogen and oxygen atoms in total. The maximum atomic E-state index is 5.97. The van der Waals surface area contributed by atoms with Crippen LogP contribution in [0.1, 0.15) is 63.6 Å². The molecule has 1 aromatic rings. The lowest BCUT2D eigenvalue weighted by atomic mass is 9.67. The Morgan fingerprint density at radius 1 is 1.28 bits per heavy atom. The number of nitrogens with two attached hydrogens (primary N) is 1. The van der Waals surface area contributed by atoms with E-state index in [9.17, 15) is 0 Å². The fourth-order valence-electron chi connectivity index (χ4n) is 3.19. The first kappa shape index (κ1) is 14.0. The number of rotatable bonds is 5. The molecule has 1 saturated carbocycles. The first-order valence-corrected chi connectivity index (χ1v) is 8.04.